The van der Waals surface area contributed by atoms with E-state index in [-0.39, 0.29) is 11.4 Å². The van der Waals surface area contributed by atoms with Crippen LogP contribution in [-0.2, 0) is 20.4 Å². The van der Waals surface area contributed by atoms with Gasteiger partial charge in [0.15, 0.2) is 0 Å². The van der Waals surface area contributed by atoms with E-state index >= 15 is 0 Å². The molecule has 2 N–H and O–H groups in total. The van der Waals surface area contributed by atoms with Crippen LogP contribution in [0, 0.1) is 32.4 Å². The van der Waals surface area contributed by atoms with Gasteiger partial charge in [0.05, 0.1) is 5.69 Å². The van der Waals surface area contributed by atoms with Crippen LogP contribution in [-0.4, -0.2) is 27.5 Å². The summed E-state index contributed by atoms with van der Waals surface area (Å²) in [7, 11) is -1.78. The maximum Gasteiger partial charge on any atom is 0.237 e. The number of hydrogen-bond acceptors (Lipinski definition) is 3. The lowest BCUT2D eigenvalue weighted by Crippen LogP contribution is -2.27. The first-order valence-corrected chi connectivity index (χ1v) is 9.62. The lowest BCUT2D eigenvalue weighted by molar-refractivity contribution is -0.114. The van der Waals surface area contributed by atoms with Gasteiger partial charge in [-0.2, -0.15) is 0 Å². The minimum absolute atomic E-state index is 0.214. The number of nitrogens with one attached hydrogen (secondary N) is 2. The third-order valence-corrected chi connectivity index (χ3v) is 4.90. The topological polar surface area (TPSA) is 75.3 Å². The molecule has 0 aliphatic rings. The Balaban J connectivity index is 1.91. The van der Waals surface area contributed by atoms with Crippen molar-refractivity contribution in [2.75, 3.05) is 22.1 Å². The Labute approximate surface area is 158 Å². The fourth-order valence-corrected chi connectivity index (χ4v) is 3.50. The molecule has 0 saturated heterocycles. The fraction of sp³-hybridized carbons (Fsp3) is 0.263. The molecular formula is C19H20F2N2O3S. The molecular weight excluding hydrogens is 374 g/mol. The van der Waals surface area contributed by atoms with Crippen LogP contribution >= 0.6 is 0 Å². The zero-order chi connectivity index (χ0) is 20.1. The van der Waals surface area contributed by atoms with Gasteiger partial charge in [0.25, 0.3) is 0 Å². The van der Waals surface area contributed by atoms with Crippen LogP contribution in [0.1, 0.15) is 16.7 Å². The van der Waals surface area contributed by atoms with E-state index in [9.17, 15) is 22.6 Å². The molecule has 0 aliphatic heterocycles. The number of aryl methyl sites for hydroxylation is 3. The first-order chi connectivity index (χ1) is 12.7. The average molecular weight is 394 g/mol. The van der Waals surface area contributed by atoms with Crippen LogP contribution in [0.3, 0.4) is 0 Å². The Morgan fingerprint density at radius 3 is 2.04 bits per heavy atom. The van der Waals surface area contributed by atoms with Crippen molar-refractivity contribution < 1.29 is 22.6 Å². The first-order valence-electron chi connectivity index (χ1n) is 8.13. The normalized spacial score (nSPS) is 11.7. The Hall–Kier alpha value is -2.61. The average Bonchev–Trinajstić information content (AvgIpc) is 2.53. The molecule has 0 aliphatic carbocycles. The summed E-state index contributed by atoms with van der Waals surface area (Å²) in [4.78, 5) is 24.0. The van der Waals surface area contributed by atoms with Gasteiger partial charge >= 0.3 is 0 Å². The zero-order valence-electron chi connectivity index (χ0n) is 15.2. The predicted molar refractivity (Wildman–Crippen MR) is 102 cm³/mol. The molecule has 0 spiro atoms. The lowest BCUT2D eigenvalue weighted by Gasteiger charge is -2.13. The molecule has 0 saturated carbocycles. The Morgan fingerprint density at radius 2 is 1.48 bits per heavy atom. The Bertz CT molecular complexity index is 893. The Kier molecular flexibility index (Phi) is 6.79. The molecule has 0 unspecified atom stereocenters. The van der Waals surface area contributed by atoms with Crippen LogP contribution in [0.2, 0.25) is 0 Å². The summed E-state index contributed by atoms with van der Waals surface area (Å²) < 4.78 is 38.4. The minimum Gasteiger partial charge on any atom is -0.325 e. The van der Waals surface area contributed by atoms with Crippen molar-refractivity contribution in [3.8, 4) is 0 Å². The quantitative estimate of drug-likeness (QED) is 0.790. The highest BCUT2D eigenvalue weighted by atomic mass is 32.2. The molecule has 0 aromatic heterocycles. The van der Waals surface area contributed by atoms with E-state index in [0.717, 1.165) is 28.8 Å². The maximum atomic E-state index is 13.5. The third kappa shape index (κ3) is 5.96. The van der Waals surface area contributed by atoms with Gasteiger partial charge in [-0.15, -0.1) is 0 Å². The molecule has 8 heteroatoms. The van der Waals surface area contributed by atoms with Gasteiger partial charge in [0.2, 0.25) is 11.8 Å². The second-order valence-corrected chi connectivity index (χ2v) is 7.68. The van der Waals surface area contributed by atoms with E-state index in [2.05, 4.69) is 10.6 Å². The van der Waals surface area contributed by atoms with Crippen molar-refractivity contribution in [1.29, 1.82) is 0 Å². The van der Waals surface area contributed by atoms with Crippen molar-refractivity contribution in [3.05, 3.63) is 58.7 Å². The number of rotatable bonds is 6. The van der Waals surface area contributed by atoms with Crippen LogP contribution in [0.25, 0.3) is 0 Å². The van der Waals surface area contributed by atoms with Crippen molar-refractivity contribution in [2.45, 2.75) is 20.8 Å². The standard InChI is InChI=1S/C19H20F2N2O3S/c1-11-6-12(2)19(13(3)7-11)23-18(25)10-27(26)9-17(24)22-16-5-4-14(20)8-15(16)21/h4-8H,9-10H2,1-3H3,(H,22,24)(H,23,25)/t27-/m0/s1. The number of carbonyl (C=O) groups is 2. The van der Waals surface area contributed by atoms with E-state index in [1.807, 2.05) is 32.9 Å². The van der Waals surface area contributed by atoms with Crippen LogP contribution in [0.4, 0.5) is 20.2 Å². The molecule has 2 amide bonds. The van der Waals surface area contributed by atoms with E-state index in [4.69, 9.17) is 0 Å². The monoisotopic (exact) mass is 394 g/mol. The van der Waals surface area contributed by atoms with E-state index in [1.165, 1.54) is 0 Å². The van der Waals surface area contributed by atoms with Gasteiger partial charge in [-0.25, -0.2) is 8.78 Å². The molecule has 1 atom stereocenters. The number of amides is 2. The largest absolute Gasteiger partial charge is 0.325 e. The maximum absolute atomic E-state index is 13.5. The van der Waals surface area contributed by atoms with Gasteiger partial charge in [0.1, 0.15) is 23.1 Å². The summed E-state index contributed by atoms with van der Waals surface area (Å²) in [5.74, 6) is -3.76. The number of halogens is 2. The second-order valence-electron chi connectivity index (χ2n) is 6.22. The summed E-state index contributed by atoms with van der Waals surface area (Å²) in [6.07, 6.45) is 0. The van der Waals surface area contributed by atoms with Gasteiger partial charge in [-0.3, -0.25) is 13.8 Å². The molecule has 27 heavy (non-hydrogen) atoms. The van der Waals surface area contributed by atoms with Crippen molar-refractivity contribution in [2.24, 2.45) is 0 Å². The number of carbonyl (C=O) groups excluding carboxylic acids is 2. The molecule has 2 rings (SSSR count). The number of anilines is 2. The van der Waals surface area contributed by atoms with Gasteiger partial charge in [-0.1, -0.05) is 17.7 Å². The highest BCUT2D eigenvalue weighted by Gasteiger charge is 2.16. The van der Waals surface area contributed by atoms with Crippen molar-refractivity contribution >= 4 is 34.0 Å². The molecule has 0 bridgehead atoms. The summed E-state index contributed by atoms with van der Waals surface area (Å²) in [5.41, 5.74) is 3.28. The van der Waals surface area contributed by atoms with Crippen molar-refractivity contribution in [3.63, 3.8) is 0 Å². The van der Waals surface area contributed by atoms with E-state index < -0.39 is 40.0 Å². The van der Waals surface area contributed by atoms with Crippen LogP contribution in [0.15, 0.2) is 30.3 Å². The van der Waals surface area contributed by atoms with Gasteiger partial charge in [0, 0.05) is 22.6 Å². The third-order valence-electron chi connectivity index (χ3n) is 3.73. The van der Waals surface area contributed by atoms with Crippen LogP contribution in [0.5, 0.6) is 0 Å². The predicted octanol–water partition coefficient (Wildman–Crippen LogP) is 3.22. The van der Waals surface area contributed by atoms with Gasteiger partial charge < -0.3 is 10.6 Å². The first kappa shape index (κ1) is 20.7. The van der Waals surface area contributed by atoms with Crippen LogP contribution < -0.4 is 10.6 Å². The minimum atomic E-state index is -1.78. The molecule has 0 fully saturated rings. The number of hydrogen-bond donors (Lipinski definition) is 2. The highest BCUT2D eigenvalue weighted by Crippen LogP contribution is 2.21. The lowest BCUT2D eigenvalue weighted by atomic mass is 10.1. The second kappa shape index (κ2) is 8.85. The fourth-order valence-electron chi connectivity index (χ4n) is 2.67. The zero-order valence-corrected chi connectivity index (χ0v) is 16.0. The van der Waals surface area contributed by atoms with Crippen molar-refractivity contribution in [1.82, 2.24) is 0 Å². The molecule has 2 aromatic carbocycles. The van der Waals surface area contributed by atoms with Gasteiger partial charge in [-0.05, 0) is 44.0 Å². The van der Waals surface area contributed by atoms with E-state index in [1.54, 1.807) is 0 Å². The Morgan fingerprint density at radius 1 is 0.926 bits per heavy atom. The summed E-state index contributed by atoms with van der Waals surface area (Å²) in [6.45, 7) is 5.66. The smallest absolute Gasteiger partial charge is 0.237 e. The summed E-state index contributed by atoms with van der Waals surface area (Å²) in [5, 5.41) is 4.92. The summed E-state index contributed by atoms with van der Waals surface area (Å²) in [6, 6.07) is 6.54. The number of benzene rings is 2. The molecule has 5 nitrogen and oxygen atoms in total. The molecule has 144 valence electrons. The molecule has 0 heterocycles. The SMILES string of the molecule is Cc1cc(C)c(NC(=O)C[S@@](=O)CC(=O)Nc2ccc(F)cc2F)c(C)c1. The van der Waals surface area contributed by atoms with E-state index in [0.29, 0.717) is 11.8 Å². The summed E-state index contributed by atoms with van der Waals surface area (Å²) >= 11 is 0. The highest BCUT2D eigenvalue weighted by molar-refractivity contribution is 7.86. The molecule has 2 aromatic rings. The molecule has 0 radical (unpaired) electrons.